The summed E-state index contributed by atoms with van der Waals surface area (Å²) >= 11 is 1.34. The maximum absolute atomic E-state index is 11.7. The highest BCUT2D eigenvalue weighted by Crippen LogP contribution is 2.17. The van der Waals surface area contributed by atoms with Crippen molar-refractivity contribution in [3.05, 3.63) is 11.1 Å². The van der Waals surface area contributed by atoms with Gasteiger partial charge in [0.2, 0.25) is 0 Å². The molecule has 0 amide bonds. The van der Waals surface area contributed by atoms with Crippen LogP contribution in [0.5, 0.6) is 0 Å². The van der Waals surface area contributed by atoms with Crippen molar-refractivity contribution in [3.63, 3.8) is 0 Å². The van der Waals surface area contributed by atoms with Crippen molar-refractivity contribution in [1.29, 1.82) is 0 Å². The van der Waals surface area contributed by atoms with Gasteiger partial charge in [-0.3, -0.25) is 0 Å². The molecule has 0 bridgehead atoms. The second kappa shape index (κ2) is 5.32. The standard InChI is InChI=1S/C8H11F3N2OS/c9-8(10,11)5-14-3-1-2-6-4-13-7(12)15-6/h4H,1-3,5H2,(H2,12,13). The van der Waals surface area contributed by atoms with Gasteiger partial charge in [-0.2, -0.15) is 13.2 Å². The smallest absolute Gasteiger partial charge is 0.375 e. The van der Waals surface area contributed by atoms with Crippen LogP contribution >= 0.6 is 11.3 Å². The van der Waals surface area contributed by atoms with Crippen molar-refractivity contribution >= 4 is 16.5 Å². The Kier molecular flexibility index (Phi) is 4.34. The summed E-state index contributed by atoms with van der Waals surface area (Å²) in [5, 5.41) is 0.473. The Morgan fingerprint density at radius 1 is 1.47 bits per heavy atom. The van der Waals surface area contributed by atoms with Crippen molar-refractivity contribution in [2.45, 2.75) is 19.0 Å². The first-order valence-corrected chi connectivity index (χ1v) is 5.14. The first-order chi connectivity index (χ1) is 6.97. The highest BCUT2D eigenvalue weighted by Gasteiger charge is 2.27. The van der Waals surface area contributed by atoms with E-state index in [9.17, 15) is 13.2 Å². The van der Waals surface area contributed by atoms with Gasteiger partial charge in [0.25, 0.3) is 0 Å². The number of halogens is 3. The second-order valence-electron chi connectivity index (χ2n) is 2.94. The Hall–Kier alpha value is -0.820. The fraction of sp³-hybridized carbons (Fsp3) is 0.625. The topological polar surface area (TPSA) is 48.1 Å². The lowest BCUT2D eigenvalue weighted by atomic mass is 10.3. The molecule has 1 rings (SSSR count). The zero-order valence-electron chi connectivity index (χ0n) is 7.88. The van der Waals surface area contributed by atoms with Gasteiger partial charge in [0.15, 0.2) is 5.13 Å². The zero-order valence-corrected chi connectivity index (χ0v) is 8.70. The summed E-state index contributed by atoms with van der Waals surface area (Å²) < 4.78 is 39.4. The zero-order chi connectivity index (χ0) is 11.3. The van der Waals surface area contributed by atoms with Crippen LogP contribution in [-0.2, 0) is 11.2 Å². The van der Waals surface area contributed by atoms with Crippen LogP contribution in [0.25, 0.3) is 0 Å². The summed E-state index contributed by atoms with van der Waals surface area (Å²) in [4.78, 5) is 4.79. The van der Waals surface area contributed by atoms with Gasteiger partial charge >= 0.3 is 6.18 Å². The molecule has 0 aromatic carbocycles. The third-order valence-electron chi connectivity index (χ3n) is 1.55. The molecule has 15 heavy (non-hydrogen) atoms. The molecule has 0 spiro atoms. The molecule has 1 aromatic heterocycles. The number of nitrogens with zero attached hydrogens (tertiary/aromatic N) is 1. The Balaban J connectivity index is 2.07. The molecular weight excluding hydrogens is 229 g/mol. The summed E-state index contributed by atoms with van der Waals surface area (Å²) in [5.74, 6) is 0. The van der Waals surface area contributed by atoms with E-state index in [1.165, 1.54) is 11.3 Å². The number of nitrogen functional groups attached to an aromatic ring is 1. The van der Waals surface area contributed by atoms with Gasteiger partial charge in [0, 0.05) is 17.7 Å². The number of hydrogen-bond donors (Lipinski definition) is 1. The molecule has 0 aliphatic heterocycles. The molecule has 2 N–H and O–H groups in total. The summed E-state index contributed by atoms with van der Waals surface area (Å²) in [6, 6.07) is 0. The molecule has 7 heteroatoms. The van der Waals surface area contributed by atoms with E-state index in [-0.39, 0.29) is 6.61 Å². The van der Waals surface area contributed by atoms with Crippen LogP contribution in [-0.4, -0.2) is 24.4 Å². The van der Waals surface area contributed by atoms with Gasteiger partial charge in [-0.25, -0.2) is 4.98 Å². The number of aryl methyl sites for hydroxylation is 1. The van der Waals surface area contributed by atoms with E-state index in [1.807, 2.05) is 0 Å². The number of thiazole rings is 1. The Bertz CT molecular complexity index is 300. The van der Waals surface area contributed by atoms with Crippen LogP contribution in [0.4, 0.5) is 18.3 Å². The fourth-order valence-corrected chi connectivity index (χ4v) is 1.70. The van der Waals surface area contributed by atoms with Crippen LogP contribution in [0.2, 0.25) is 0 Å². The van der Waals surface area contributed by atoms with E-state index in [2.05, 4.69) is 9.72 Å². The Morgan fingerprint density at radius 2 is 2.20 bits per heavy atom. The Labute approximate surface area is 89.1 Å². The number of alkyl halides is 3. The summed E-state index contributed by atoms with van der Waals surface area (Å²) in [7, 11) is 0. The SMILES string of the molecule is Nc1ncc(CCCOCC(F)(F)F)s1. The first kappa shape index (κ1) is 12.3. The summed E-state index contributed by atoms with van der Waals surface area (Å²) in [6.45, 7) is -1.09. The fourth-order valence-electron chi connectivity index (χ4n) is 0.975. The maximum Gasteiger partial charge on any atom is 0.411 e. The number of aromatic nitrogens is 1. The van der Waals surface area contributed by atoms with E-state index in [4.69, 9.17) is 5.73 Å². The number of nitrogens with two attached hydrogens (primary N) is 1. The monoisotopic (exact) mass is 240 g/mol. The summed E-state index contributed by atoms with van der Waals surface area (Å²) in [5.41, 5.74) is 5.39. The minimum Gasteiger partial charge on any atom is -0.375 e. The van der Waals surface area contributed by atoms with E-state index in [0.717, 1.165) is 4.88 Å². The lowest BCUT2D eigenvalue weighted by Crippen LogP contribution is -2.17. The van der Waals surface area contributed by atoms with Crippen LogP contribution in [0.1, 0.15) is 11.3 Å². The van der Waals surface area contributed by atoms with Crippen LogP contribution < -0.4 is 5.73 Å². The van der Waals surface area contributed by atoms with Gasteiger partial charge in [0.1, 0.15) is 6.61 Å². The molecule has 0 unspecified atom stereocenters. The molecule has 0 atom stereocenters. The quantitative estimate of drug-likeness (QED) is 0.803. The predicted octanol–water partition coefficient (Wildman–Crippen LogP) is 2.24. The van der Waals surface area contributed by atoms with Gasteiger partial charge in [-0.1, -0.05) is 0 Å². The normalized spacial score (nSPS) is 11.9. The van der Waals surface area contributed by atoms with Gasteiger partial charge in [-0.05, 0) is 12.8 Å². The van der Waals surface area contributed by atoms with Gasteiger partial charge < -0.3 is 10.5 Å². The minimum atomic E-state index is -4.24. The third kappa shape index (κ3) is 5.58. The van der Waals surface area contributed by atoms with Crippen molar-refractivity contribution in [2.75, 3.05) is 18.9 Å². The van der Waals surface area contributed by atoms with Crippen LogP contribution in [0, 0.1) is 0 Å². The molecule has 0 radical (unpaired) electrons. The second-order valence-corrected chi connectivity index (χ2v) is 4.08. The van der Waals surface area contributed by atoms with Crippen LogP contribution in [0.3, 0.4) is 0 Å². The minimum absolute atomic E-state index is 0.0946. The van der Waals surface area contributed by atoms with E-state index in [1.54, 1.807) is 6.20 Å². The number of anilines is 1. The average Bonchev–Trinajstić information content (AvgIpc) is 2.49. The molecule has 0 saturated heterocycles. The van der Waals surface area contributed by atoms with Gasteiger partial charge in [0.05, 0.1) is 0 Å². The molecular formula is C8H11F3N2OS. The van der Waals surface area contributed by atoms with Crippen molar-refractivity contribution < 1.29 is 17.9 Å². The van der Waals surface area contributed by atoms with Crippen molar-refractivity contribution in [2.24, 2.45) is 0 Å². The Morgan fingerprint density at radius 3 is 2.73 bits per heavy atom. The van der Waals surface area contributed by atoms with E-state index >= 15 is 0 Å². The molecule has 1 aromatic rings. The van der Waals surface area contributed by atoms with Crippen molar-refractivity contribution in [3.8, 4) is 0 Å². The average molecular weight is 240 g/mol. The van der Waals surface area contributed by atoms with E-state index in [0.29, 0.717) is 18.0 Å². The highest BCUT2D eigenvalue weighted by molar-refractivity contribution is 7.15. The first-order valence-electron chi connectivity index (χ1n) is 4.32. The molecule has 0 aliphatic carbocycles. The maximum atomic E-state index is 11.7. The molecule has 86 valence electrons. The lowest BCUT2D eigenvalue weighted by Gasteiger charge is -2.06. The number of hydrogen-bond acceptors (Lipinski definition) is 4. The summed E-state index contributed by atoms with van der Waals surface area (Å²) in [6.07, 6.45) is -1.43. The highest BCUT2D eigenvalue weighted by atomic mass is 32.1. The number of ether oxygens (including phenoxy) is 1. The molecule has 0 fully saturated rings. The lowest BCUT2D eigenvalue weighted by molar-refractivity contribution is -0.173. The van der Waals surface area contributed by atoms with E-state index < -0.39 is 12.8 Å². The molecule has 1 heterocycles. The molecule has 0 saturated carbocycles. The molecule has 3 nitrogen and oxygen atoms in total. The molecule has 0 aliphatic rings. The number of rotatable bonds is 5. The third-order valence-corrected chi connectivity index (χ3v) is 2.44. The van der Waals surface area contributed by atoms with Crippen molar-refractivity contribution in [1.82, 2.24) is 4.98 Å². The predicted molar refractivity (Wildman–Crippen MR) is 51.7 cm³/mol. The van der Waals surface area contributed by atoms with Gasteiger partial charge in [-0.15, -0.1) is 11.3 Å². The van der Waals surface area contributed by atoms with Crippen LogP contribution in [0.15, 0.2) is 6.20 Å². The largest absolute Gasteiger partial charge is 0.411 e.